The van der Waals surface area contributed by atoms with Gasteiger partial charge in [0.2, 0.25) is 11.7 Å². The Labute approximate surface area is 239 Å². The zero-order valence-electron chi connectivity index (χ0n) is 23.6. The number of nitrogens with one attached hydrogen (secondary N) is 4. The van der Waals surface area contributed by atoms with E-state index >= 15 is 0 Å². The molecule has 2 aromatic rings. The number of benzene rings is 1. The Hall–Kier alpha value is -3.19. The summed E-state index contributed by atoms with van der Waals surface area (Å²) in [6, 6.07) is 6.19. The fourth-order valence-electron chi connectivity index (χ4n) is 7.63. The van der Waals surface area contributed by atoms with Gasteiger partial charge in [0.25, 0.3) is 0 Å². The van der Waals surface area contributed by atoms with Crippen LogP contribution in [0.3, 0.4) is 0 Å². The van der Waals surface area contributed by atoms with Crippen molar-refractivity contribution in [2.75, 3.05) is 62.7 Å². The van der Waals surface area contributed by atoms with Gasteiger partial charge in [-0.15, -0.1) is 0 Å². The Balaban J connectivity index is 1.07. The summed E-state index contributed by atoms with van der Waals surface area (Å²) in [5.74, 6) is 4.62. The summed E-state index contributed by atoms with van der Waals surface area (Å²) in [4.78, 5) is 24.8. The number of aromatic nitrogens is 2. The van der Waals surface area contributed by atoms with E-state index in [9.17, 15) is 9.90 Å². The number of carbonyl (C=O) groups is 1. The van der Waals surface area contributed by atoms with E-state index in [2.05, 4.69) is 26.4 Å². The van der Waals surface area contributed by atoms with Crippen molar-refractivity contribution in [1.82, 2.24) is 20.8 Å². The molecule has 220 valence electrons. The Morgan fingerprint density at radius 3 is 2.80 bits per heavy atom. The van der Waals surface area contributed by atoms with E-state index in [1.54, 1.807) is 14.2 Å². The molecule has 0 radical (unpaired) electrons. The molecule has 0 bridgehead atoms. The topological polar surface area (TPSA) is 142 Å². The van der Waals surface area contributed by atoms with Gasteiger partial charge in [-0.2, -0.15) is 0 Å². The highest BCUT2D eigenvalue weighted by Gasteiger charge is 2.67. The van der Waals surface area contributed by atoms with Crippen molar-refractivity contribution in [3.05, 3.63) is 29.6 Å². The molecular weight excluding hydrogens is 526 g/mol. The lowest BCUT2D eigenvalue weighted by molar-refractivity contribution is -0.118. The molecule has 41 heavy (non-hydrogen) atoms. The molecule has 2 saturated heterocycles. The molecule has 7 rings (SSSR count). The van der Waals surface area contributed by atoms with Gasteiger partial charge in [-0.3, -0.25) is 10.2 Å². The van der Waals surface area contributed by atoms with E-state index < -0.39 is 5.41 Å². The minimum atomic E-state index is -0.418. The molecule has 2 aliphatic carbocycles. The lowest BCUT2D eigenvalue weighted by Crippen LogP contribution is -2.40. The van der Waals surface area contributed by atoms with Gasteiger partial charge >= 0.3 is 0 Å². The van der Waals surface area contributed by atoms with E-state index in [-0.39, 0.29) is 24.7 Å². The van der Waals surface area contributed by atoms with Crippen molar-refractivity contribution in [3.8, 4) is 11.5 Å². The molecule has 3 aliphatic heterocycles. The molecule has 1 aromatic heterocycles. The summed E-state index contributed by atoms with van der Waals surface area (Å²) >= 11 is 0. The van der Waals surface area contributed by atoms with Crippen LogP contribution < -0.4 is 35.9 Å². The van der Waals surface area contributed by atoms with Gasteiger partial charge in [-0.05, 0) is 61.3 Å². The summed E-state index contributed by atoms with van der Waals surface area (Å²) in [6.45, 7) is 2.68. The van der Waals surface area contributed by atoms with Crippen LogP contribution in [0.15, 0.2) is 18.2 Å². The number of ether oxygens (including phenoxy) is 3. The van der Waals surface area contributed by atoms with Crippen LogP contribution in [0.1, 0.15) is 37.1 Å². The molecule has 12 heteroatoms. The van der Waals surface area contributed by atoms with Gasteiger partial charge in [0.05, 0.1) is 45.6 Å². The average Bonchev–Trinajstić information content (AvgIpc) is 3.55. The van der Waals surface area contributed by atoms with Crippen LogP contribution in [0.25, 0.3) is 0 Å². The Morgan fingerprint density at radius 2 is 2.02 bits per heavy atom. The first kappa shape index (κ1) is 26.7. The maximum Gasteiger partial charge on any atom is 0.235 e. The van der Waals surface area contributed by atoms with Gasteiger partial charge in [0.15, 0.2) is 11.6 Å². The second-order valence-corrected chi connectivity index (χ2v) is 11.8. The van der Waals surface area contributed by atoms with Crippen molar-refractivity contribution in [2.24, 2.45) is 17.8 Å². The zero-order valence-corrected chi connectivity index (χ0v) is 23.6. The van der Waals surface area contributed by atoms with Gasteiger partial charge in [-0.25, -0.2) is 15.4 Å². The van der Waals surface area contributed by atoms with Crippen molar-refractivity contribution in [1.29, 1.82) is 0 Å². The highest BCUT2D eigenvalue weighted by atomic mass is 16.5. The number of anilines is 3. The number of hydrazine groups is 1. The number of aliphatic hydroxyl groups excluding tert-OH is 1. The Bertz CT molecular complexity index is 1320. The van der Waals surface area contributed by atoms with Crippen LogP contribution in [0.5, 0.6) is 11.5 Å². The van der Waals surface area contributed by atoms with Crippen LogP contribution in [0.4, 0.5) is 17.3 Å². The van der Waals surface area contributed by atoms with E-state index in [1.807, 2.05) is 18.2 Å². The van der Waals surface area contributed by atoms with Gasteiger partial charge in [-0.1, -0.05) is 0 Å². The largest absolute Gasteiger partial charge is 0.497 e. The lowest BCUT2D eigenvalue weighted by atomic mass is 9.74. The number of amides is 1. The number of hydrogen-bond acceptors (Lipinski definition) is 11. The number of fused-ring (bicyclic) bond motifs is 3. The Morgan fingerprint density at radius 1 is 1.17 bits per heavy atom. The van der Waals surface area contributed by atoms with Gasteiger partial charge < -0.3 is 34.9 Å². The van der Waals surface area contributed by atoms with E-state index in [0.29, 0.717) is 54.8 Å². The minimum absolute atomic E-state index is 0.0262. The first-order chi connectivity index (χ1) is 20.0. The zero-order chi connectivity index (χ0) is 28.1. The lowest BCUT2D eigenvalue weighted by Gasteiger charge is -2.34. The van der Waals surface area contributed by atoms with Crippen molar-refractivity contribution in [2.45, 2.75) is 49.7 Å². The predicted molar refractivity (Wildman–Crippen MR) is 152 cm³/mol. The maximum absolute atomic E-state index is 13.2. The van der Waals surface area contributed by atoms with Gasteiger partial charge in [0, 0.05) is 37.2 Å². The second-order valence-electron chi connectivity index (χ2n) is 11.8. The number of aliphatic hydroxyl groups is 1. The summed E-state index contributed by atoms with van der Waals surface area (Å²) in [7, 11) is 3.31. The van der Waals surface area contributed by atoms with Crippen LogP contribution in [0, 0.1) is 17.8 Å². The fraction of sp³-hybridized carbons (Fsp3) is 0.621. The first-order valence-electron chi connectivity index (χ1n) is 14.7. The van der Waals surface area contributed by atoms with E-state index in [0.717, 1.165) is 61.6 Å². The summed E-state index contributed by atoms with van der Waals surface area (Å²) in [5.41, 5.74) is 8.61. The SMILES string of the molecule is COc1ccc2c(c1)[C@]1(C[C@H]1C1CCC3C(C1)NNC3Nc1nc(CCO)nc(N3CCOCC3)c1OC)C(=O)N2. The molecule has 4 fully saturated rings. The molecule has 12 nitrogen and oxygen atoms in total. The molecule has 4 unspecified atom stereocenters. The molecule has 1 spiro atoms. The first-order valence-corrected chi connectivity index (χ1v) is 14.7. The fourth-order valence-corrected chi connectivity index (χ4v) is 7.63. The normalized spacial score (nSPS) is 31.9. The quantitative estimate of drug-likeness (QED) is 0.317. The molecule has 5 aliphatic rings. The molecule has 6 atom stereocenters. The number of morpholine rings is 1. The summed E-state index contributed by atoms with van der Waals surface area (Å²) in [5, 5.41) is 16.3. The third-order valence-electron chi connectivity index (χ3n) is 9.78. The van der Waals surface area contributed by atoms with Crippen LogP contribution in [-0.2, 0) is 21.4 Å². The molecule has 1 aromatic carbocycles. The monoisotopic (exact) mass is 565 g/mol. The van der Waals surface area contributed by atoms with Gasteiger partial charge in [0.1, 0.15) is 11.6 Å². The smallest absolute Gasteiger partial charge is 0.235 e. The average molecular weight is 566 g/mol. The van der Waals surface area contributed by atoms with Crippen molar-refractivity contribution >= 4 is 23.2 Å². The van der Waals surface area contributed by atoms with Crippen LogP contribution in [-0.4, -0.2) is 80.3 Å². The molecule has 1 amide bonds. The minimum Gasteiger partial charge on any atom is -0.497 e. The Kier molecular flexibility index (Phi) is 6.88. The van der Waals surface area contributed by atoms with Crippen molar-refractivity contribution < 1.29 is 24.1 Å². The predicted octanol–water partition coefficient (Wildman–Crippen LogP) is 1.41. The molecule has 4 heterocycles. The number of carbonyl (C=O) groups excluding carboxylic acids is 1. The van der Waals surface area contributed by atoms with E-state index in [1.165, 1.54) is 0 Å². The van der Waals surface area contributed by atoms with Crippen LogP contribution in [0.2, 0.25) is 0 Å². The molecule has 5 N–H and O–H groups in total. The van der Waals surface area contributed by atoms with Crippen LogP contribution >= 0.6 is 0 Å². The highest BCUT2D eigenvalue weighted by Crippen LogP contribution is 2.65. The molecular formula is C29H39N7O5. The molecule has 2 saturated carbocycles. The van der Waals surface area contributed by atoms with Crippen molar-refractivity contribution in [3.63, 3.8) is 0 Å². The standard InChI is InChI=1S/C29H39N7O5/c1-39-17-4-6-21-19(14-17)29(28(38)30-21)15-20(29)16-3-5-18-22(13-16)34-35-25(18)33-26-24(40-2)27(32-23(31-26)7-10-37)36-8-11-41-12-9-36/h4,6,14,16,18,20,22,25,34-35,37H,3,5,7-13,15H2,1-2H3,(H,30,38)(H,31,32,33)/t16?,18?,20-,22?,25?,29-/m0/s1. The summed E-state index contributed by atoms with van der Waals surface area (Å²) < 4.78 is 16.9. The third kappa shape index (κ3) is 4.48. The number of methoxy groups -OCH3 is 2. The third-order valence-corrected chi connectivity index (χ3v) is 9.78. The highest BCUT2D eigenvalue weighted by molar-refractivity contribution is 6.09. The number of nitrogens with zero attached hydrogens (tertiary/aromatic N) is 3. The number of hydrogen-bond donors (Lipinski definition) is 5. The number of rotatable bonds is 8. The summed E-state index contributed by atoms with van der Waals surface area (Å²) in [6.07, 6.45) is 4.32. The maximum atomic E-state index is 13.2. The second kappa shape index (κ2) is 10.6. The van der Waals surface area contributed by atoms with E-state index in [4.69, 9.17) is 24.2 Å².